The Balaban J connectivity index is 2.58. The quantitative estimate of drug-likeness (QED) is 0.488. The lowest BCUT2D eigenvalue weighted by atomic mass is 9.95. The number of ether oxygens (including phenoxy) is 3. The molecule has 1 aromatic carbocycles. The van der Waals surface area contributed by atoms with Crippen molar-refractivity contribution < 1.29 is 33.0 Å². The molecule has 0 bridgehead atoms. The van der Waals surface area contributed by atoms with Gasteiger partial charge in [-0.05, 0) is 72.2 Å². The molecule has 1 aromatic heterocycles. The van der Waals surface area contributed by atoms with Crippen molar-refractivity contribution in [3.63, 3.8) is 0 Å². The third kappa shape index (κ3) is 6.54. The van der Waals surface area contributed by atoms with Gasteiger partial charge in [0.15, 0.2) is 0 Å². The van der Waals surface area contributed by atoms with Crippen LogP contribution in [0.1, 0.15) is 66.4 Å². The zero-order chi connectivity index (χ0) is 23.6. The van der Waals surface area contributed by atoms with E-state index in [1.165, 1.54) is 24.4 Å². The van der Waals surface area contributed by atoms with Crippen molar-refractivity contribution in [2.24, 2.45) is 0 Å². The summed E-state index contributed by atoms with van der Waals surface area (Å²) in [5.41, 5.74) is -0.935. The molecule has 0 fully saturated rings. The van der Waals surface area contributed by atoms with Crippen LogP contribution in [0, 0.1) is 5.82 Å². The molecule has 31 heavy (non-hydrogen) atoms. The number of benzene rings is 1. The number of hydrogen-bond donors (Lipinski definition) is 0. The van der Waals surface area contributed by atoms with Gasteiger partial charge in [0, 0.05) is 11.6 Å². The van der Waals surface area contributed by atoms with Gasteiger partial charge in [-0.2, -0.15) is 0 Å². The number of carbonyl (C=O) groups is 3. The van der Waals surface area contributed by atoms with E-state index < -0.39 is 41.0 Å². The molecule has 0 amide bonds. The topological polar surface area (TPSA) is 83.8 Å². The molecule has 1 heterocycles. The molecular formula is C23H30FNO6. The highest BCUT2D eigenvalue weighted by atomic mass is 19.1. The molecule has 0 aliphatic carbocycles. The maximum absolute atomic E-state index is 14.0. The molecular weight excluding hydrogens is 405 g/mol. The number of rotatable bonds is 5. The van der Waals surface area contributed by atoms with Crippen molar-refractivity contribution in [1.82, 2.24) is 4.57 Å². The standard InChI is InChI=1S/C23H30FNO6/c1-8-29-20(27)16(12-19(26)30-22(2,3)4)17-13-25(21(28)31-23(5,6)7)18-11-14(24)9-10-15(17)18/h9-11,13,16H,8,12H2,1-7H3. The lowest BCUT2D eigenvalue weighted by Gasteiger charge is -2.21. The molecule has 170 valence electrons. The first-order chi connectivity index (χ1) is 14.2. The van der Waals surface area contributed by atoms with E-state index in [-0.39, 0.29) is 18.5 Å². The molecule has 0 aliphatic heterocycles. The average Bonchev–Trinajstić information content (AvgIpc) is 2.95. The second kappa shape index (κ2) is 9.08. The van der Waals surface area contributed by atoms with E-state index in [0.29, 0.717) is 10.9 Å². The summed E-state index contributed by atoms with van der Waals surface area (Å²) in [4.78, 5) is 38.0. The second-order valence-corrected chi connectivity index (χ2v) is 9.19. The molecule has 0 saturated heterocycles. The van der Waals surface area contributed by atoms with Crippen LogP contribution in [-0.4, -0.2) is 40.4 Å². The normalized spacial score (nSPS) is 13.0. The monoisotopic (exact) mass is 435 g/mol. The Morgan fingerprint density at radius 3 is 2.19 bits per heavy atom. The fourth-order valence-electron chi connectivity index (χ4n) is 3.08. The molecule has 0 aliphatic rings. The van der Waals surface area contributed by atoms with E-state index in [4.69, 9.17) is 14.2 Å². The summed E-state index contributed by atoms with van der Waals surface area (Å²) < 4.78 is 31.1. The number of hydrogen-bond acceptors (Lipinski definition) is 6. The summed E-state index contributed by atoms with van der Waals surface area (Å²) in [6.07, 6.45) is 0.375. The largest absolute Gasteiger partial charge is 0.466 e. The smallest absolute Gasteiger partial charge is 0.419 e. The SMILES string of the molecule is CCOC(=O)C(CC(=O)OC(C)(C)C)c1cn(C(=O)OC(C)(C)C)c2cc(F)ccc12. The van der Waals surface area contributed by atoms with Crippen molar-refractivity contribution in [1.29, 1.82) is 0 Å². The minimum Gasteiger partial charge on any atom is -0.466 e. The summed E-state index contributed by atoms with van der Waals surface area (Å²) in [6.45, 7) is 12.1. The highest BCUT2D eigenvalue weighted by molar-refractivity contribution is 5.96. The van der Waals surface area contributed by atoms with Gasteiger partial charge >= 0.3 is 18.0 Å². The van der Waals surface area contributed by atoms with Gasteiger partial charge in [0.1, 0.15) is 17.0 Å². The van der Waals surface area contributed by atoms with Gasteiger partial charge in [-0.25, -0.2) is 9.18 Å². The molecule has 1 atom stereocenters. The van der Waals surface area contributed by atoms with Gasteiger partial charge in [0.05, 0.1) is 24.5 Å². The van der Waals surface area contributed by atoms with E-state index in [1.54, 1.807) is 48.5 Å². The van der Waals surface area contributed by atoms with Crippen molar-refractivity contribution in [3.05, 3.63) is 35.8 Å². The van der Waals surface area contributed by atoms with Crippen LogP contribution >= 0.6 is 0 Å². The van der Waals surface area contributed by atoms with Crippen LogP contribution in [0.3, 0.4) is 0 Å². The Hall–Kier alpha value is -2.90. The van der Waals surface area contributed by atoms with Crippen molar-refractivity contribution in [2.45, 2.75) is 72.0 Å². The summed E-state index contributed by atoms with van der Waals surface area (Å²) in [5.74, 6) is -2.82. The number of carbonyl (C=O) groups excluding carboxylic acids is 3. The van der Waals surface area contributed by atoms with Gasteiger partial charge in [0.25, 0.3) is 0 Å². The highest BCUT2D eigenvalue weighted by Gasteiger charge is 2.32. The van der Waals surface area contributed by atoms with Gasteiger partial charge in [-0.1, -0.05) is 0 Å². The number of halogens is 1. The lowest BCUT2D eigenvalue weighted by molar-refractivity contribution is -0.159. The Bertz CT molecular complexity index is 980. The molecule has 1 unspecified atom stereocenters. The summed E-state index contributed by atoms with van der Waals surface area (Å²) in [5, 5.41) is 0.439. The van der Waals surface area contributed by atoms with E-state index in [1.807, 2.05) is 0 Å². The van der Waals surface area contributed by atoms with E-state index in [9.17, 15) is 18.8 Å². The lowest BCUT2D eigenvalue weighted by Crippen LogP contribution is -2.27. The maximum Gasteiger partial charge on any atom is 0.419 e. The minimum atomic E-state index is -1.04. The fourth-order valence-corrected chi connectivity index (χ4v) is 3.08. The molecule has 7 nitrogen and oxygen atoms in total. The van der Waals surface area contributed by atoms with Gasteiger partial charge in [-0.3, -0.25) is 14.2 Å². The predicted molar refractivity (Wildman–Crippen MR) is 113 cm³/mol. The minimum absolute atomic E-state index is 0.114. The summed E-state index contributed by atoms with van der Waals surface area (Å²) in [7, 11) is 0. The van der Waals surface area contributed by atoms with E-state index in [2.05, 4.69) is 0 Å². The van der Waals surface area contributed by atoms with Crippen LogP contribution in [0.15, 0.2) is 24.4 Å². The fraction of sp³-hybridized carbons (Fsp3) is 0.522. The predicted octanol–water partition coefficient (Wildman–Crippen LogP) is 4.94. The van der Waals surface area contributed by atoms with Crippen LogP contribution in [0.4, 0.5) is 9.18 Å². The van der Waals surface area contributed by atoms with Gasteiger partial charge < -0.3 is 14.2 Å². The van der Waals surface area contributed by atoms with Crippen LogP contribution in [-0.2, 0) is 23.8 Å². The van der Waals surface area contributed by atoms with Crippen molar-refractivity contribution in [3.8, 4) is 0 Å². The molecule has 2 aromatic rings. The Labute approximate surface area is 181 Å². The Morgan fingerprint density at radius 1 is 1.03 bits per heavy atom. The average molecular weight is 435 g/mol. The second-order valence-electron chi connectivity index (χ2n) is 9.19. The maximum atomic E-state index is 14.0. The zero-order valence-electron chi connectivity index (χ0n) is 19.1. The number of fused-ring (bicyclic) bond motifs is 1. The van der Waals surface area contributed by atoms with Gasteiger partial charge in [-0.15, -0.1) is 0 Å². The molecule has 0 spiro atoms. The van der Waals surface area contributed by atoms with Gasteiger partial charge in [0.2, 0.25) is 0 Å². The molecule has 2 rings (SSSR count). The highest BCUT2D eigenvalue weighted by Crippen LogP contribution is 2.33. The third-order valence-electron chi connectivity index (χ3n) is 4.13. The van der Waals surface area contributed by atoms with E-state index in [0.717, 1.165) is 4.57 Å². The van der Waals surface area contributed by atoms with Crippen LogP contribution in [0.2, 0.25) is 0 Å². The molecule has 8 heteroatoms. The Kier molecular flexibility index (Phi) is 7.14. The first kappa shape index (κ1) is 24.4. The third-order valence-corrected chi connectivity index (χ3v) is 4.13. The Morgan fingerprint density at radius 2 is 1.65 bits per heavy atom. The van der Waals surface area contributed by atoms with Crippen LogP contribution < -0.4 is 0 Å². The first-order valence-electron chi connectivity index (χ1n) is 10.1. The van der Waals surface area contributed by atoms with Crippen LogP contribution in [0.25, 0.3) is 10.9 Å². The van der Waals surface area contributed by atoms with Crippen molar-refractivity contribution >= 4 is 28.9 Å². The zero-order valence-corrected chi connectivity index (χ0v) is 19.1. The summed E-state index contributed by atoms with van der Waals surface area (Å²) >= 11 is 0. The number of aromatic nitrogens is 1. The summed E-state index contributed by atoms with van der Waals surface area (Å²) in [6, 6.07) is 3.86. The van der Waals surface area contributed by atoms with Crippen molar-refractivity contribution in [2.75, 3.05) is 6.61 Å². The van der Waals surface area contributed by atoms with E-state index >= 15 is 0 Å². The molecule has 0 N–H and O–H groups in total. The van der Waals surface area contributed by atoms with Crippen LogP contribution in [0.5, 0.6) is 0 Å². The molecule has 0 radical (unpaired) electrons. The number of esters is 2. The molecule has 0 saturated carbocycles. The first-order valence-corrected chi connectivity index (χ1v) is 10.1. The number of nitrogens with zero attached hydrogens (tertiary/aromatic N) is 1.